The van der Waals surface area contributed by atoms with Crippen molar-refractivity contribution in [3.8, 4) is 0 Å². The van der Waals surface area contributed by atoms with Crippen LogP contribution in [0.15, 0.2) is 18.2 Å². The van der Waals surface area contributed by atoms with E-state index in [2.05, 4.69) is 15.5 Å². The van der Waals surface area contributed by atoms with Crippen molar-refractivity contribution in [3.05, 3.63) is 47.0 Å². The summed E-state index contributed by atoms with van der Waals surface area (Å²) in [5.74, 6) is -3.97. The second-order valence-electron chi connectivity index (χ2n) is 10.3. The Morgan fingerprint density at radius 3 is 2.46 bits per heavy atom. The molecule has 1 aromatic heterocycles. The van der Waals surface area contributed by atoms with Gasteiger partial charge in [0.2, 0.25) is 11.8 Å². The number of aromatic nitrogens is 3. The van der Waals surface area contributed by atoms with E-state index in [-0.39, 0.29) is 54.6 Å². The molecule has 39 heavy (non-hydrogen) atoms. The third-order valence-corrected chi connectivity index (χ3v) is 7.77. The maximum absolute atomic E-state index is 14.6. The Hall–Kier alpha value is -3.58. The van der Waals surface area contributed by atoms with Crippen LogP contribution in [0.5, 0.6) is 0 Å². The van der Waals surface area contributed by atoms with E-state index in [1.807, 2.05) is 0 Å². The number of carbonyl (C=O) groups excluding carboxylic acids is 3. The second kappa shape index (κ2) is 10.5. The van der Waals surface area contributed by atoms with E-state index in [4.69, 9.17) is 0 Å². The number of hydrogen-bond acceptors (Lipinski definition) is 5. The molecule has 4 amide bonds. The summed E-state index contributed by atoms with van der Waals surface area (Å²) in [6.07, 6.45) is -4.30. The number of fused-ring (bicyclic) bond motifs is 1. The fourth-order valence-electron chi connectivity index (χ4n) is 5.81. The number of rotatable bonds is 5. The molecule has 0 unspecified atom stereocenters. The zero-order valence-electron chi connectivity index (χ0n) is 20.9. The molecule has 0 radical (unpaired) electrons. The fraction of sp³-hybridized carbons (Fsp3) is 0.560. The Morgan fingerprint density at radius 1 is 1.05 bits per heavy atom. The van der Waals surface area contributed by atoms with Crippen molar-refractivity contribution >= 4 is 17.8 Å². The lowest BCUT2D eigenvalue weighted by atomic mass is 9.89. The van der Waals surface area contributed by atoms with Crippen LogP contribution in [0.25, 0.3) is 0 Å². The molecule has 5 rings (SSSR count). The minimum atomic E-state index is -4.55. The molecule has 14 heteroatoms. The van der Waals surface area contributed by atoms with Gasteiger partial charge in [-0.25, -0.2) is 13.6 Å². The van der Waals surface area contributed by atoms with E-state index in [1.165, 1.54) is 21.6 Å². The van der Waals surface area contributed by atoms with Gasteiger partial charge >= 0.3 is 12.2 Å². The molecule has 1 N–H and O–H groups in total. The lowest BCUT2D eigenvalue weighted by Gasteiger charge is -2.36. The van der Waals surface area contributed by atoms with Gasteiger partial charge in [-0.2, -0.15) is 13.2 Å². The summed E-state index contributed by atoms with van der Waals surface area (Å²) in [6, 6.07) is 3.14. The summed E-state index contributed by atoms with van der Waals surface area (Å²) in [6.45, 7) is 0.637. The van der Waals surface area contributed by atoms with Crippen molar-refractivity contribution < 1.29 is 36.3 Å². The predicted octanol–water partition coefficient (Wildman–Crippen LogP) is 3.26. The van der Waals surface area contributed by atoms with Gasteiger partial charge in [0, 0.05) is 43.9 Å². The minimum absolute atomic E-state index is 0.0114. The SMILES string of the molecule is O=C1CN(C2CCN(C(=O)C[C@@H]3CC[C@H](c4cccc(F)c4F)Cn4c(CC(F)(F)F)nnc43)CC2)C(=O)N1. The highest BCUT2D eigenvalue weighted by atomic mass is 19.4. The number of alkyl halides is 3. The van der Waals surface area contributed by atoms with Crippen LogP contribution in [-0.2, 0) is 22.6 Å². The summed E-state index contributed by atoms with van der Waals surface area (Å²) in [5, 5.41) is 10.0. The van der Waals surface area contributed by atoms with Gasteiger partial charge in [-0.05, 0) is 37.3 Å². The molecule has 0 saturated carbocycles. The monoisotopic (exact) mass is 554 g/mol. The molecule has 1 aromatic carbocycles. The highest BCUT2D eigenvalue weighted by Gasteiger charge is 2.38. The third-order valence-electron chi connectivity index (χ3n) is 7.77. The summed E-state index contributed by atoms with van der Waals surface area (Å²) in [4.78, 5) is 39.8. The predicted molar refractivity (Wildman–Crippen MR) is 125 cm³/mol. The summed E-state index contributed by atoms with van der Waals surface area (Å²) >= 11 is 0. The van der Waals surface area contributed by atoms with Crippen LogP contribution >= 0.6 is 0 Å². The number of piperidine rings is 1. The fourth-order valence-corrected chi connectivity index (χ4v) is 5.81. The molecule has 0 aliphatic carbocycles. The zero-order valence-corrected chi connectivity index (χ0v) is 20.9. The van der Waals surface area contributed by atoms with Crippen LogP contribution in [0.2, 0.25) is 0 Å². The molecule has 0 bridgehead atoms. The molecule has 2 atom stereocenters. The first kappa shape index (κ1) is 27.0. The molecule has 2 aromatic rings. The molecule has 0 spiro atoms. The van der Waals surface area contributed by atoms with Crippen LogP contribution in [0.4, 0.5) is 26.7 Å². The summed E-state index contributed by atoms with van der Waals surface area (Å²) in [5.41, 5.74) is 0.0612. The Bertz CT molecular complexity index is 1270. The van der Waals surface area contributed by atoms with Crippen molar-refractivity contribution in [2.75, 3.05) is 19.6 Å². The van der Waals surface area contributed by atoms with Crippen molar-refractivity contribution in [2.45, 2.75) is 69.1 Å². The van der Waals surface area contributed by atoms with Crippen molar-refractivity contribution in [1.29, 1.82) is 0 Å². The van der Waals surface area contributed by atoms with E-state index in [0.29, 0.717) is 38.8 Å². The average molecular weight is 555 g/mol. The molecule has 9 nitrogen and oxygen atoms in total. The third kappa shape index (κ3) is 5.74. The number of nitrogens with zero attached hydrogens (tertiary/aromatic N) is 5. The topological polar surface area (TPSA) is 100 Å². The largest absolute Gasteiger partial charge is 0.396 e. The van der Waals surface area contributed by atoms with Crippen LogP contribution < -0.4 is 5.32 Å². The van der Waals surface area contributed by atoms with Crippen LogP contribution in [0.1, 0.15) is 61.2 Å². The molecular formula is C25H27F5N6O3. The van der Waals surface area contributed by atoms with Crippen molar-refractivity contribution in [3.63, 3.8) is 0 Å². The van der Waals surface area contributed by atoms with E-state index in [1.54, 1.807) is 4.90 Å². The van der Waals surface area contributed by atoms with Crippen LogP contribution in [-0.4, -0.2) is 74.3 Å². The molecule has 3 aliphatic rings. The Balaban J connectivity index is 1.32. The first-order valence-corrected chi connectivity index (χ1v) is 12.8. The van der Waals surface area contributed by atoms with Gasteiger partial charge in [-0.3, -0.25) is 14.9 Å². The van der Waals surface area contributed by atoms with Gasteiger partial charge in [0.05, 0.1) is 0 Å². The number of hydrogen-bond donors (Lipinski definition) is 1. The molecule has 3 aliphatic heterocycles. The standard InChI is InChI=1S/C25H27F5N6O3/c26-18-3-1-2-17(22(18)27)15-5-4-14(23-33-32-19(36(23)12-15)11-25(28,29)30)10-21(38)34-8-6-16(7-9-34)35-13-20(37)31-24(35)39/h1-3,14-16H,4-13H2,(H,31,37,39)/t14-,15-/m0/s1. The van der Waals surface area contributed by atoms with Gasteiger partial charge in [0.1, 0.15) is 24.6 Å². The smallest absolute Gasteiger partial charge is 0.343 e. The number of halogens is 5. The van der Waals surface area contributed by atoms with Gasteiger partial charge in [-0.15, -0.1) is 10.2 Å². The number of nitrogens with one attached hydrogen (secondary N) is 1. The lowest BCUT2D eigenvalue weighted by molar-refractivity contribution is -0.133. The van der Waals surface area contributed by atoms with Crippen LogP contribution in [0.3, 0.4) is 0 Å². The number of imide groups is 1. The van der Waals surface area contributed by atoms with Gasteiger partial charge in [-0.1, -0.05) is 12.1 Å². The van der Waals surface area contributed by atoms with Crippen molar-refractivity contribution in [1.82, 2.24) is 29.9 Å². The van der Waals surface area contributed by atoms with E-state index in [0.717, 1.165) is 6.07 Å². The van der Waals surface area contributed by atoms with Gasteiger partial charge in [0.15, 0.2) is 11.6 Å². The van der Waals surface area contributed by atoms with E-state index < -0.39 is 42.1 Å². The first-order chi connectivity index (χ1) is 18.5. The molecular weight excluding hydrogens is 527 g/mol. The van der Waals surface area contributed by atoms with E-state index in [9.17, 15) is 36.3 Å². The quantitative estimate of drug-likeness (QED) is 0.452. The number of benzene rings is 1. The number of carbonyl (C=O) groups is 3. The van der Waals surface area contributed by atoms with Gasteiger partial charge in [0.25, 0.3) is 0 Å². The molecule has 210 valence electrons. The molecule has 2 saturated heterocycles. The van der Waals surface area contributed by atoms with Crippen molar-refractivity contribution in [2.24, 2.45) is 0 Å². The van der Waals surface area contributed by atoms with Crippen LogP contribution in [0, 0.1) is 11.6 Å². The Labute approximate surface area is 220 Å². The van der Waals surface area contributed by atoms with E-state index >= 15 is 0 Å². The first-order valence-electron chi connectivity index (χ1n) is 12.8. The second-order valence-corrected chi connectivity index (χ2v) is 10.3. The minimum Gasteiger partial charge on any atom is -0.343 e. The number of amides is 4. The number of likely N-dealkylation sites (tertiary alicyclic amines) is 1. The molecule has 2 fully saturated rings. The maximum atomic E-state index is 14.6. The average Bonchev–Trinajstić information content (AvgIpc) is 3.36. The van der Waals surface area contributed by atoms with Gasteiger partial charge < -0.3 is 14.4 Å². The zero-order chi connectivity index (χ0) is 27.9. The molecule has 4 heterocycles. The highest BCUT2D eigenvalue weighted by Crippen LogP contribution is 2.38. The highest BCUT2D eigenvalue weighted by molar-refractivity contribution is 6.02. The maximum Gasteiger partial charge on any atom is 0.396 e. The summed E-state index contributed by atoms with van der Waals surface area (Å²) in [7, 11) is 0. The lowest BCUT2D eigenvalue weighted by Crippen LogP contribution is -2.47. The summed E-state index contributed by atoms with van der Waals surface area (Å²) < 4.78 is 69.7. The normalized spacial score (nSPS) is 22.6. The number of urea groups is 1. The Kier molecular flexibility index (Phi) is 7.29. The Morgan fingerprint density at radius 2 is 1.79 bits per heavy atom.